The highest BCUT2D eigenvalue weighted by atomic mass is 35.5. The molecule has 1 amide bonds. The second-order valence-electron chi connectivity index (χ2n) is 3.44. The molecule has 0 spiro atoms. The Morgan fingerprint density at radius 2 is 2.44 bits per heavy atom. The van der Waals surface area contributed by atoms with Crippen molar-refractivity contribution in [3.8, 4) is 0 Å². The lowest BCUT2D eigenvalue weighted by atomic mass is 10.2. The second-order valence-corrected chi connectivity index (χ2v) is 4.71. The van der Waals surface area contributed by atoms with E-state index in [-0.39, 0.29) is 17.1 Å². The number of aromatic nitrogens is 1. The molecule has 0 aliphatic rings. The van der Waals surface area contributed by atoms with Gasteiger partial charge in [0, 0.05) is 11.8 Å². The van der Waals surface area contributed by atoms with E-state index < -0.39 is 0 Å². The third kappa shape index (κ3) is 3.57. The Labute approximate surface area is 104 Å². The van der Waals surface area contributed by atoms with Crippen molar-refractivity contribution in [2.24, 2.45) is 0 Å². The molecular weight excluding hydrogens is 246 g/mol. The summed E-state index contributed by atoms with van der Waals surface area (Å²) in [5.74, 6) is 0.602. The van der Waals surface area contributed by atoms with Gasteiger partial charge in [-0.2, -0.15) is 11.8 Å². The van der Waals surface area contributed by atoms with Gasteiger partial charge in [0.05, 0.1) is 17.4 Å². The van der Waals surface area contributed by atoms with Crippen molar-refractivity contribution in [1.82, 2.24) is 10.3 Å². The van der Waals surface area contributed by atoms with Crippen LogP contribution in [0.25, 0.3) is 0 Å². The molecule has 1 aromatic rings. The number of nitrogen functional groups attached to an aromatic ring is 1. The average molecular weight is 260 g/mol. The molecule has 4 nitrogen and oxygen atoms in total. The highest BCUT2D eigenvalue weighted by Gasteiger charge is 2.13. The van der Waals surface area contributed by atoms with E-state index in [4.69, 9.17) is 17.3 Å². The fourth-order valence-corrected chi connectivity index (χ4v) is 1.99. The molecule has 88 valence electrons. The molecule has 1 rings (SSSR count). The average Bonchev–Trinajstić information content (AvgIpc) is 2.21. The number of anilines is 1. The Hall–Kier alpha value is -0.940. The first-order chi connectivity index (χ1) is 7.54. The Morgan fingerprint density at radius 1 is 1.75 bits per heavy atom. The van der Waals surface area contributed by atoms with E-state index in [1.807, 2.05) is 13.2 Å². The van der Waals surface area contributed by atoms with Gasteiger partial charge in [-0.05, 0) is 19.2 Å². The predicted octanol–water partition coefficient (Wildman–Crippen LogP) is 1.80. The molecule has 1 heterocycles. The zero-order chi connectivity index (χ0) is 12.1. The minimum absolute atomic E-state index is 0.0833. The van der Waals surface area contributed by atoms with Crippen LogP contribution in [0, 0.1) is 0 Å². The van der Waals surface area contributed by atoms with Crippen LogP contribution in [0.2, 0.25) is 5.15 Å². The Morgan fingerprint density at radius 3 is 3.06 bits per heavy atom. The van der Waals surface area contributed by atoms with Gasteiger partial charge in [-0.15, -0.1) is 0 Å². The molecule has 0 aliphatic carbocycles. The van der Waals surface area contributed by atoms with Gasteiger partial charge in [0.2, 0.25) is 0 Å². The van der Waals surface area contributed by atoms with Crippen molar-refractivity contribution in [2.45, 2.75) is 13.0 Å². The number of amides is 1. The van der Waals surface area contributed by atoms with Gasteiger partial charge in [-0.3, -0.25) is 4.79 Å². The van der Waals surface area contributed by atoms with Crippen LogP contribution in [-0.4, -0.2) is 28.9 Å². The Kier molecular flexibility index (Phi) is 4.89. The molecule has 0 saturated heterocycles. The van der Waals surface area contributed by atoms with Crippen molar-refractivity contribution < 1.29 is 4.79 Å². The molecule has 1 aromatic heterocycles. The molecule has 0 radical (unpaired) electrons. The minimum atomic E-state index is -0.244. The fourth-order valence-electron chi connectivity index (χ4n) is 1.22. The molecule has 6 heteroatoms. The van der Waals surface area contributed by atoms with E-state index in [9.17, 15) is 4.79 Å². The highest BCUT2D eigenvalue weighted by molar-refractivity contribution is 7.98. The first kappa shape index (κ1) is 13.1. The lowest BCUT2D eigenvalue weighted by Crippen LogP contribution is -2.34. The zero-order valence-corrected chi connectivity index (χ0v) is 10.7. The summed E-state index contributed by atoms with van der Waals surface area (Å²) in [6.07, 6.45) is 3.40. The van der Waals surface area contributed by atoms with Crippen molar-refractivity contribution >= 4 is 35.0 Å². The predicted molar refractivity (Wildman–Crippen MR) is 69.0 cm³/mol. The molecule has 0 saturated carbocycles. The van der Waals surface area contributed by atoms with E-state index >= 15 is 0 Å². The van der Waals surface area contributed by atoms with E-state index in [0.717, 1.165) is 5.75 Å². The van der Waals surface area contributed by atoms with Gasteiger partial charge in [-0.25, -0.2) is 4.98 Å². The molecule has 0 bridgehead atoms. The first-order valence-electron chi connectivity index (χ1n) is 4.75. The number of nitrogens with two attached hydrogens (primary N) is 1. The lowest BCUT2D eigenvalue weighted by Gasteiger charge is -2.13. The van der Waals surface area contributed by atoms with Crippen LogP contribution in [0.15, 0.2) is 12.3 Å². The van der Waals surface area contributed by atoms with Crippen LogP contribution in [-0.2, 0) is 0 Å². The van der Waals surface area contributed by atoms with Crippen LogP contribution in [0.1, 0.15) is 17.3 Å². The number of carbonyl (C=O) groups is 1. The van der Waals surface area contributed by atoms with Crippen molar-refractivity contribution in [2.75, 3.05) is 17.7 Å². The maximum absolute atomic E-state index is 11.8. The smallest absolute Gasteiger partial charge is 0.254 e. The molecule has 16 heavy (non-hydrogen) atoms. The molecule has 0 fully saturated rings. The van der Waals surface area contributed by atoms with Gasteiger partial charge in [0.1, 0.15) is 5.15 Å². The van der Waals surface area contributed by atoms with E-state index in [2.05, 4.69) is 10.3 Å². The van der Waals surface area contributed by atoms with E-state index in [0.29, 0.717) is 11.3 Å². The maximum Gasteiger partial charge on any atom is 0.254 e. The quantitative estimate of drug-likeness (QED) is 0.809. The first-order valence-corrected chi connectivity index (χ1v) is 6.52. The molecule has 3 N–H and O–H groups in total. The number of thioether (sulfide) groups is 1. The van der Waals surface area contributed by atoms with Crippen LogP contribution in [0.3, 0.4) is 0 Å². The highest BCUT2D eigenvalue weighted by Crippen LogP contribution is 2.15. The third-order valence-corrected chi connectivity index (χ3v) is 3.03. The standard InChI is InChI=1S/C10H14ClN3OS/c1-6(5-16-2)14-10(15)8-3-7(12)4-13-9(8)11/h3-4,6H,5,12H2,1-2H3,(H,14,15). The third-order valence-electron chi connectivity index (χ3n) is 1.90. The number of pyridine rings is 1. The van der Waals surface area contributed by atoms with Crippen molar-refractivity contribution in [3.05, 3.63) is 23.0 Å². The van der Waals surface area contributed by atoms with Crippen molar-refractivity contribution in [1.29, 1.82) is 0 Å². The monoisotopic (exact) mass is 259 g/mol. The van der Waals surface area contributed by atoms with Gasteiger partial charge in [0.15, 0.2) is 0 Å². The number of rotatable bonds is 4. The lowest BCUT2D eigenvalue weighted by molar-refractivity contribution is 0.0943. The van der Waals surface area contributed by atoms with Crippen LogP contribution in [0.4, 0.5) is 5.69 Å². The van der Waals surface area contributed by atoms with Crippen LogP contribution in [0.5, 0.6) is 0 Å². The number of halogens is 1. The molecule has 1 unspecified atom stereocenters. The summed E-state index contributed by atoms with van der Waals surface area (Å²) < 4.78 is 0. The van der Waals surface area contributed by atoms with Gasteiger partial charge < -0.3 is 11.1 Å². The minimum Gasteiger partial charge on any atom is -0.397 e. The number of hydrogen-bond acceptors (Lipinski definition) is 4. The summed E-state index contributed by atoms with van der Waals surface area (Å²) in [5.41, 5.74) is 6.29. The summed E-state index contributed by atoms with van der Waals surface area (Å²) in [5, 5.41) is 2.99. The molecular formula is C10H14ClN3OS. The summed E-state index contributed by atoms with van der Waals surface area (Å²) >= 11 is 7.49. The SMILES string of the molecule is CSCC(C)NC(=O)c1cc(N)cnc1Cl. The van der Waals surface area contributed by atoms with Crippen LogP contribution < -0.4 is 11.1 Å². The summed E-state index contributed by atoms with van der Waals surface area (Å²) in [7, 11) is 0. The molecule has 0 aliphatic heterocycles. The fraction of sp³-hybridized carbons (Fsp3) is 0.400. The van der Waals surface area contributed by atoms with Crippen LogP contribution >= 0.6 is 23.4 Å². The largest absolute Gasteiger partial charge is 0.397 e. The normalized spacial score (nSPS) is 12.2. The summed E-state index contributed by atoms with van der Waals surface area (Å²) in [6.45, 7) is 1.93. The molecule has 0 aromatic carbocycles. The number of carbonyl (C=O) groups excluding carboxylic acids is 1. The summed E-state index contributed by atoms with van der Waals surface area (Å²) in [6, 6.07) is 1.61. The second kappa shape index (κ2) is 5.96. The van der Waals surface area contributed by atoms with Gasteiger partial charge in [0.25, 0.3) is 5.91 Å². The zero-order valence-electron chi connectivity index (χ0n) is 9.16. The number of nitrogens with zero attached hydrogens (tertiary/aromatic N) is 1. The Balaban J connectivity index is 2.76. The number of hydrogen-bond donors (Lipinski definition) is 2. The molecule has 1 atom stereocenters. The van der Waals surface area contributed by atoms with E-state index in [1.165, 1.54) is 12.3 Å². The van der Waals surface area contributed by atoms with Gasteiger partial charge in [-0.1, -0.05) is 11.6 Å². The van der Waals surface area contributed by atoms with E-state index in [1.54, 1.807) is 11.8 Å². The Bertz CT molecular complexity index is 386. The number of nitrogens with one attached hydrogen (secondary N) is 1. The van der Waals surface area contributed by atoms with Gasteiger partial charge >= 0.3 is 0 Å². The topological polar surface area (TPSA) is 68.0 Å². The summed E-state index contributed by atoms with van der Waals surface area (Å²) in [4.78, 5) is 15.6. The van der Waals surface area contributed by atoms with Crippen molar-refractivity contribution in [3.63, 3.8) is 0 Å². The maximum atomic E-state index is 11.8.